The highest BCUT2D eigenvalue weighted by atomic mass is 16.7. The van der Waals surface area contributed by atoms with E-state index in [0.29, 0.717) is 18.2 Å². The van der Waals surface area contributed by atoms with Gasteiger partial charge in [0.25, 0.3) is 0 Å². The largest absolute Gasteiger partial charge is 0.350 e. The molecule has 1 aliphatic rings. The Kier molecular flexibility index (Phi) is 13.9. The third kappa shape index (κ3) is 10.0. The highest BCUT2D eigenvalue weighted by Crippen LogP contribution is 2.27. The van der Waals surface area contributed by atoms with Gasteiger partial charge in [-0.2, -0.15) is 0 Å². The van der Waals surface area contributed by atoms with Crippen molar-refractivity contribution in [2.75, 3.05) is 14.1 Å². The lowest BCUT2D eigenvalue weighted by Gasteiger charge is -2.38. The zero-order valence-electron chi connectivity index (χ0n) is 24.1. The van der Waals surface area contributed by atoms with Crippen molar-refractivity contribution in [2.24, 2.45) is 29.6 Å². The lowest BCUT2D eigenvalue weighted by atomic mass is 9.82. The van der Waals surface area contributed by atoms with Gasteiger partial charge in [-0.05, 0) is 66.5 Å². The summed E-state index contributed by atoms with van der Waals surface area (Å²) >= 11 is 0. The van der Waals surface area contributed by atoms with Crippen molar-refractivity contribution in [2.45, 2.75) is 125 Å². The van der Waals surface area contributed by atoms with Crippen LogP contribution in [0.3, 0.4) is 0 Å². The zero-order chi connectivity index (χ0) is 26.9. The van der Waals surface area contributed by atoms with Crippen molar-refractivity contribution in [3.8, 4) is 0 Å². The van der Waals surface area contributed by atoms with E-state index in [1.165, 1.54) is 0 Å². The summed E-state index contributed by atoms with van der Waals surface area (Å²) in [6.45, 7) is 15.6. The maximum atomic E-state index is 13.1. The molecule has 0 aromatic carbocycles. The summed E-state index contributed by atoms with van der Waals surface area (Å²) in [6, 6.07) is 0.386. The number of ether oxygens (including phenoxy) is 2. The fraction of sp³-hybridized carbons (Fsp3) is 0.897. The molecule has 0 saturated carbocycles. The first-order valence-corrected chi connectivity index (χ1v) is 13.9. The number of hydrogen-bond donors (Lipinski definition) is 0. The van der Waals surface area contributed by atoms with Crippen LogP contribution in [0.2, 0.25) is 0 Å². The van der Waals surface area contributed by atoms with E-state index in [9.17, 15) is 14.4 Å². The van der Waals surface area contributed by atoms with E-state index < -0.39 is 5.92 Å². The molecule has 6 nitrogen and oxygen atoms in total. The molecular weight excluding hydrogens is 442 g/mol. The van der Waals surface area contributed by atoms with Crippen molar-refractivity contribution in [3.05, 3.63) is 0 Å². The summed E-state index contributed by atoms with van der Waals surface area (Å²) in [4.78, 5) is 40.8. The van der Waals surface area contributed by atoms with Crippen LogP contribution in [0, 0.1) is 29.6 Å². The molecule has 204 valence electrons. The Morgan fingerprint density at radius 2 is 1.54 bits per heavy atom. The first-order valence-electron chi connectivity index (χ1n) is 13.9. The third-order valence-corrected chi connectivity index (χ3v) is 8.27. The number of carbonyl (C=O) groups is 3. The van der Waals surface area contributed by atoms with Gasteiger partial charge in [-0.3, -0.25) is 14.4 Å². The molecule has 0 aromatic heterocycles. The average molecular weight is 496 g/mol. The highest BCUT2D eigenvalue weighted by molar-refractivity contribution is 6.03. The second kappa shape index (κ2) is 15.2. The van der Waals surface area contributed by atoms with Gasteiger partial charge < -0.3 is 14.4 Å². The van der Waals surface area contributed by atoms with Crippen molar-refractivity contribution in [1.29, 1.82) is 0 Å². The van der Waals surface area contributed by atoms with Gasteiger partial charge in [0.15, 0.2) is 6.29 Å². The minimum atomic E-state index is -0.648. The number of Topliss-reactive ketones (excluding diaryl/α,β-unsaturated/α-hetero) is 3. The third-order valence-electron chi connectivity index (χ3n) is 8.27. The molecule has 0 radical (unpaired) electrons. The second-order valence-corrected chi connectivity index (χ2v) is 11.4. The van der Waals surface area contributed by atoms with Crippen molar-refractivity contribution in [1.82, 2.24) is 4.90 Å². The van der Waals surface area contributed by atoms with Crippen LogP contribution in [0.15, 0.2) is 0 Å². The molecule has 1 saturated heterocycles. The van der Waals surface area contributed by atoms with Crippen LogP contribution in [0.25, 0.3) is 0 Å². The fourth-order valence-corrected chi connectivity index (χ4v) is 4.95. The highest BCUT2D eigenvalue weighted by Gasteiger charge is 2.35. The van der Waals surface area contributed by atoms with Crippen LogP contribution in [0.5, 0.6) is 0 Å². The molecule has 1 rings (SSSR count). The maximum absolute atomic E-state index is 13.1. The van der Waals surface area contributed by atoms with Gasteiger partial charge >= 0.3 is 0 Å². The van der Waals surface area contributed by atoms with E-state index in [-0.39, 0.29) is 53.7 Å². The van der Waals surface area contributed by atoms with Crippen LogP contribution < -0.4 is 0 Å². The van der Waals surface area contributed by atoms with Gasteiger partial charge in [-0.25, -0.2) is 0 Å². The number of carbonyl (C=O) groups excluding carboxylic acids is 3. The Labute approximate surface area is 214 Å². The standard InChI is InChI=1S/C29H53NO5/c1-11-18(3)28(32)19(4)13-14-24(12-2)16-26(31)22(7)29(33)21(6)23(8)35-27-17-25(30(9)10)15-20(5)34-27/h18-25,27H,11-17H2,1-10H3/t18-,19-,20-,21-,22+,23+,24-,25+,27+/m1/s1. The van der Waals surface area contributed by atoms with Crippen molar-refractivity contribution in [3.63, 3.8) is 0 Å². The average Bonchev–Trinajstić information content (AvgIpc) is 2.82. The van der Waals surface area contributed by atoms with E-state index in [4.69, 9.17) is 9.47 Å². The van der Waals surface area contributed by atoms with Gasteiger partial charge in [0, 0.05) is 36.6 Å². The van der Waals surface area contributed by atoms with E-state index in [2.05, 4.69) is 32.8 Å². The Morgan fingerprint density at radius 3 is 2.09 bits per heavy atom. The van der Waals surface area contributed by atoms with Gasteiger partial charge in [0.05, 0.1) is 18.1 Å². The van der Waals surface area contributed by atoms with Gasteiger partial charge in [0.2, 0.25) is 0 Å². The fourth-order valence-electron chi connectivity index (χ4n) is 4.95. The van der Waals surface area contributed by atoms with Crippen LogP contribution >= 0.6 is 0 Å². The molecule has 0 bridgehead atoms. The summed E-state index contributed by atoms with van der Waals surface area (Å²) in [7, 11) is 4.13. The molecule has 0 aromatic rings. The van der Waals surface area contributed by atoms with Gasteiger partial charge in [-0.1, -0.05) is 41.0 Å². The van der Waals surface area contributed by atoms with Gasteiger partial charge in [-0.15, -0.1) is 0 Å². The summed E-state index contributed by atoms with van der Waals surface area (Å²) in [5, 5.41) is 0. The Hall–Kier alpha value is -1.11. The Morgan fingerprint density at radius 1 is 0.914 bits per heavy atom. The zero-order valence-corrected chi connectivity index (χ0v) is 24.1. The number of ketones is 3. The van der Waals surface area contributed by atoms with E-state index >= 15 is 0 Å². The maximum Gasteiger partial charge on any atom is 0.159 e. The molecule has 1 aliphatic heterocycles. The Balaban J connectivity index is 2.61. The van der Waals surface area contributed by atoms with E-state index in [1.807, 2.05) is 34.6 Å². The molecule has 0 aliphatic carbocycles. The minimum Gasteiger partial charge on any atom is -0.350 e. The molecule has 6 heteroatoms. The normalized spacial score (nSPS) is 26.0. The molecule has 0 unspecified atom stereocenters. The quantitative estimate of drug-likeness (QED) is 0.256. The lowest BCUT2D eigenvalue weighted by Crippen LogP contribution is -2.45. The van der Waals surface area contributed by atoms with Crippen LogP contribution in [0.4, 0.5) is 0 Å². The summed E-state index contributed by atoms with van der Waals surface area (Å²) in [5.74, 6) is -0.482. The summed E-state index contributed by atoms with van der Waals surface area (Å²) in [6.07, 6.45) is 4.93. The predicted molar refractivity (Wildman–Crippen MR) is 141 cm³/mol. The van der Waals surface area contributed by atoms with Crippen LogP contribution in [-0.4, -0.2) is 60.9 Å². The number of nitrogens with zero attached hydrogens (tertiary/aromatic N) is 1. The molecule has 0 spiro atoms. The van der Waals surface area contributed by atoms with Crippen LogP contribution in [-0.2, 0) is 23.9 Å². The van der Waals surface area contributed by atoms with E-state index in [1.54, 1.807) is 6.92 Å². The topological polar surface area (TPSA) is 72.9 Å². The molecule has 0 N–H and O–H groups in total. The molecule has 35 heavy (non-hydrogen) atoms. The van der Waals surface area contributed by atoms with Crippen LogP contribution in [0.1, 0.15) is 100 Å². The summed E-state index contributed by atoms with van der Waals surface area (Å²) < 4.78 is 12.1. The molecule has 9 atom stereocenters. The lowest BCUT2D eigenvalue weighted by molar-refractivity contribution is -0.225. The Bertz CT molecular complexity index is 678. The van der Waals surface area contributed by atoms with Gasteiger partial charge in [0.1, 0.15) is 17.3 Å². The number of hydrogen-bond acceptors (Lipinski definition) is 6. The monoisotopic (exact) mass is 495 g/mol. The predicted octanol–water partition coefficient (Wildman–Crippen LogP) is 5.70. The first kappa shape index (κ1) is 31.9. The smallest absolute Gasteiger partial charge is 0.159 e. The SMILES string of the molecule is CC[C@H](CC[C@@H](C)C(=O)[C@H](C)CC)CC(=O)[C@H](C)C(=O)[C@H](C)[C@H](C)O[C@H]1C[C@@H](N(C)C)C[C@@H](C)O1. The molecule has 0 amide bonds. The van der Waals surface area contributed by atoms with Crippen molar-refractivity contribution >= 4 is 17.3 Å². The summed E-state index contributed by atoms with van der Waals surface area (Å²) in [5.41, 5.74) is 0. The van der Waals surface area contributed by atoms with Crippen molar-refractivity contribution < 1.29 is 23.9 Å². The molecule has 1 fully saturated rings. The first-order chi connectivity index (χ1) is 16.3. The van der Waals surface area contributed by atoms with E-state index in [0.717, 1.165) is 38.5 Å². The minimum absolute atomic E-state index is 0.00276. The second-order valence-electron chi connectivity index (χ2n) is 11.4. The number of rotatable bonds is 16. The molecular formula is C29H53NO5. The molecule has 1 heterocycles.